The number of hydrogen-bond acceptors (Lipinski definition) is 3. The maximum Gasteiger partial charge on any atom is 0.220 e. The Morgan fingerprint density at radius 1 is 1.08 bits per heavy atom. The predicted octanol–water partition coefficient (Wildman–Crippen LogP) is 4.67. The summed E-state index contributed by atoms with van der Waals surface area (Å²) in [6.07, 6.45) is 1.94. The Hall–Kier alpha value is -2.01. The molecule has 1 amide bonds. The van der Waals surface area contributed by atoms with Gasteiger partial charge in [0.2, 0.25) is 5.91 Å². The number of ether oxygens (including phenoxy) is 2. The summed E-state index contributed by atoms with van der Waals surface area (Å²) in [5, 5.41) is 3.11. The van der Waals surface area contributed by atoms with E-state index in [1.54, 1.807) is 14.2 Å². The minimum Gasteiger partial charge on any atom is -0.493 e. The SMILES string of the molecule is CCC(NC(=O)CCc1ccc(OC)c(OC)c1)c1ccc(Br)cc1. The van der Waals surface area contributed by atoms with E-state index >= 15 is 0 Å². The molecule has 134 valence electrons. The zero-order valence-corrected chi connectivity index (χ0v) is 16.4. The first-order chi connectivity index (χ1) is 12.1. The number of benzene rings is 2. The highest BCUT2D eigenvalue weighted by atomic mass is 79.9. The number of carbonyl (C=O) groups excluding carboxylic acids is 1. The summed E-state index contributed by atoms with van der Waals surface area (Å²) in [4.78, 5) is 12.3. The molecule has 4 nitrogen and oxygen atoms in total. The van der Waals surface area contributed by atoms with E-state index < -0.39 is 0 Å². The zero-order valence-electron chi connectivity index (χ0n) is 14.8. The Balaban J connectivity index is 1.94. The highest BCUT2D eigenvalue weighted by Crippen LogP contribution is 2.28. The van der Waals surface area contributed by atoms with Crippen molar-refractivity contribution in [2.24, 2.45) is 0 Å². The van der Waals surface area contributed by atoms with Gasteiger partial charge in [-0.3, -0.25) is 4.79 Å². The van der Waals surface area contributed by atoms with Crippen molar-refractivity contribution in [3.63, 3.8) is 0 Å². The second-order valence-electron chi connectivity index (χ2n) is 5.77. The van der Waals surface area contributed by atoms with Gasteiger partial charge in [-0.1, -0.05) is 41.1 Å². The van der Waals surface area contributed by atoms with Crippen LogP contribution in [0.3, 0.4) is 0 Å². The second kappa shape index (κ2) is 9.47. The van der Waals surface area contributed by atoms with E-state index in [1.807, 2.05) is 42.5 Å². The van der Waals surface area contributed by atoms with Crippen LogP contribution in [-0.4, -0.2) is 20.1 Å². The van der Waals surface area contributed by atoms with Crippen molar-refractivity contribution in [1.82, 2.24) is 5.32 Å². The lowest BCUT2D eigenvalue weighted by molar-refractivity contribution is -0.121. The van der Waals surface area contributed by atoms with E-state index in [1.165, 1.54) is 0 Å². The van der Waals surface area contributed by atoms with E-state index in [4.69, 9.17) is 9.47 Å². The first-order valence-corrected chi connectivity index (χ1v) is 9.12. The average Bonchev–Trinajstić information content (AvgIpc) is 2.64. The molecule has 0 saturated heterocycles. The van der Waals surface area contributed by atoms with Gasteiger partial charge in [0.25, 0.3) is 0 Å². The third-order valence-electron chi connectivity index (χ3n) is 4.10. The van der Waals surface area contributed by atoms with E-state index in [0.717, 1.165) is 22.0 Å². The van der Waals surface area contributed by atoms with Gasteiger partial charge in [-0.15, -0.1) is 0 Å². The number of carbonyl (C=O) groups is 1. The molecule has 0 spiro atoms. The van der Waals surface area contributed by atoms with Gasteiger partial charge in [-0.2, -0.15) is 0 Å². The number of rotatable bonds is 8. The number of amides is 1. The number of aryl methyl sites for hydroxylation is 1. The quantitative estimate of drug-likeness (QED) is 0.693. The van der Waals surface area contributed by atoms with Crippen molar-refractivity contribution in [3.8, 4) is 11.5 Å². The summed E-state index contributed by atoms with van der Waals surface area (Å²) >= 11 is 3.43. The van der Waals surface area contributed by atoms with Crippen LogP contribution >= 0.6 is 15.9 Å². The molecule has 0 bridgehead atoms. The highest BCUT2D eigenvalue weighted by Gasteiger charge is 2.13. The van der Waals surface area contributed by atoms with Crippen LogP contribution in [0.1, 0.15) is 36.9 Å². The van der Waals surface area contributed by atoms with Crippen LogP contribution < -0.4 is 14.8 Å². The van der Waals surface area contributed by atoms with Crippen LogP contribution in [0.15, 0.2) is 46.9 Å². The number of hydrogen-bond donors (Lipinski definition) is 1. The monoisotopic (exact) mass is 405 g/mol. The average molecular weight is 406 g/mol. The van der Waals surface area contributed by atoms with E-state index in [2.05, 4.69) is 28.2 Å². The molecule has 0 heterocycles. The molecule has 0 fully saturated rings. The summed E-state index contributed by atoms with van der Waals surface area (Å²) in [5.74, 6) is 1.42. The Labute approximate surface area is 157 Å². The molecule has 0 radical (unpaired) electrons. The van der Waals surface area contributed by atoms with E-state index in [9.17, 15) is 4.79 Å². The molecular formula is C20H24BrNO3. The lowest BCUT2D eigenvalue weighted by Gasteiger charge is -2.18. The third-order valence-corrected chi connectivity index (χ3v) is 4.63. The van der Waals surface area contributed by atoms with Crippen molar-refractivity contribution in [3.05, 3.63) is 58.1 Å². The Morgan fingerprint density at radius 2 is 1.76 bits per heavy atom. The van der Waals surface area contributed by atoms with Crippen LogP contribution in [-0.2, 0) is 11.2 Å². The van der Waals surface area contributed by atoms with Gasteiger partial charge in [0.05, 0.1) is 20.3 Å². The zero-order chi connectivity index (χ0) is 18.2. The molecule has 2 aromatic rings. The van der Waals surface area contributed by atoms with Crippen LogP contribution in [0.25, 0.3) is 0 Å². The van der Waals surface area contributed by atoms with Gasteiger partial charge in [0.1, 0.15) is 0 Å². The predicted molar refractivity (Wildman–Crippen MR) is 103 cm³/mol. The molecule has 0 aromatic heterocycles. The highest BCUT2D eigenvalue weighted by molar-refractivity contribution is 9.10. The third kappa shape index (κ3) is 5.49. The van der Waals surface area contributed by atoms with Crippen LogP contribution in [0.2, 0.25) is 0 Å². The second-order valence-corrected chi connectivity index (χ2v) is 6.68. The van der Waals surface area contributed by atoms with Crippen LogP contribution in [0, 0.1) is 0 Å². The van der Waals surface area contributed by atoms with Gasteiger partial charge in [-0.05, 0) is 48.2 Å². The van der Waals surface area contributed by atoms with Crippen molar-refractivity contribution in [1.29, 1.82) is 0 Å². The lowest BCUT2D eigenvalue weighted by atomic mass is 10.0. The molecule has 1 N–H and O–H groups in total. The lowest BCUT2D eigenvalue weighted by Crippen LogP contribution is -2.28. The molecular weight excluding hydrogens is 382 g/mol. The fraction of sp³-hybridized carbons (Fsp3) is 0.350. The fourth-order valence-electron chi connectivity index (χ4n) is 2.68. The molecule has 2 aromatic carbocycles. The number of halogens is 1. The minimum absolute atomic E-state index is 0.0333. The molecule has 1 atom stereocenters. The maximum absolute atomic E-state index is 12.3. The molecule has 1 unspecified atom stereocenters. The molecule has 0 saturated carbocycles. The van der Waals surface area contributed by atoms with Crippen molar-refractivity contribution in [2.75, 3.05) is 14.2 Å². The summed E-state index contributed by atoms with van der Waals surface area (Å²) in [6, 6.07) is 13.8. The molecule has 0 aliphatic rings. The summed E-state index contributed by atoms with van der Waals surface area (Å²) in [6.45, 7) is 2.07. The van der Waals surface area contributed by atoms with E-state index in [-0.39, 0.29) is 11.9 Å². The maximum atomic E-state index is 12.3. The van der Waals surface area contributed by atoms with Crippen molar-refractivity contribution in [2.45, 2.75) is 32.2 Å². The van der Waals surface area contributed by atoms with Gasteiger partial charge in [0, 0.05) is 10.9 Å². The first kappa shape index (κ1) is 19.3. The molecule has 0 aliphatic carbocycles. The smallest absolute Gasteiger partial charge is 0.220 e. The van der Waals surface area contributed by atoms with Crippen LogP contribution in [0.4, 0.5) is 0 Å². The van der Waals surface area contributed by atoms with Crippen molar-refractivity contribution >= 4 is 21.8 Å². The standard InChI is InChI=1S/C20H24BrNO3/c1-4-17(15-7-9-16(21)10-8-15)22-20(23)12-6-14-5-11-18(24-2)19(13-14)25-3/h5,7-11,13,17H,4,6,12H2,1-3H3,(H,22,23). The van der Waals surface area contributed by atoms with Gasteiger partial charge in [0.15, 0.2) is 11.5 Å². The topological polar surface area (TPSA) is 47.6 Å². The van der Waals surface area contributed by atoms with Gasteiger partial charge in [-0.25, -0.2) is 0 Å². The summed E-state index contributed by atoms with van der Waals surface area (Å²) < 4.78 is 11.6. The van der Waals surface area contributed by atoms with Crippen LogP contribution in [0.5, 0.6) is 11.5 Å². The van der Waals surface area contributed by atoms with Gasteiger partial charge >= 0.3 is 0 Å². The van der Waals surface area contributed by atoms with Gasteiger partial charge < -0.3 is 14.8 Å². The number of methoxy groups -OCH3 is 2. The summed E-state index contributed by atoms with van der Waals surface area (Å²) in [7, 11) is 3.22. The molecule has 5 heteroatoms. The summed E-state index contributed by atoms with van der Waals surface area (Å²) in [5.41, 5.74) is 2.16. The molecule has 0 aliphatic heterocycles. The molecule has 25 heavy (non-hydrogen) atoms. The fourth-order valence-corrected chi connectivity index (χ4v) is 2.94. The Kier molecular flexibility index (Phi) is 7.31. The van der Waals surface area contributed by atoms with E-state index in [0.29, 0.717) is 24.3 Å². The molecule has 2 rings (SSSR count). The minimum atomic E-state index is 0.0333. The first-order valence-electron chi connectivity index (χ1n) is 8.33. The van der Waals surface area contributed by atoms with Crippen molar-refractivity contribution < 1.29 is 14.3 Å². The normalized spacial score (nSPS) is 11.7. The number of nitrogens with one attached hydrogen (secondary N) is 1. The Bertz CT molecular complexity index is 701. The largest absolute Gasteiger partial charge is 0.493 e. The Morgan fingerprint density at radius 3 is 2.36 bits per heavy atom.